The van der Waals surface area contributed by atoms with Crippen molar-refractivity contribution in [3.63, 3.8) is 0 Å². The molecule has 2 N–H and O–H groups in total. The zero-order chi connectivity index (χ0) is 22.5. The molecule has 0 radical (unpaired) electrons. The molecule has 4 aromatic rings. The monoisotopic (exact) mass is 465 g/mol. The van der Waals surface area contributed by atoms with E-state index in [1.54, 1.807) is 7.11 Å². The highest BCUT2D eigenvalue weighted by Crippen LogP contribution is 2.25. The van der Waals surface area contributed by atoms with Crippen molar-refractivity contribution in [2.75, 3.05) is 57.1 Å². The highest BCUT2D eigenvalue weighted by molar-refractivity contribution is 7.20. The minimum absolute atomic E-state index is 0.692. The van der Waals surface area contributed by atoms with Gasteiger partial charge >= 0.3 is 0 Å². The van der Waals surface area contributed by atoms with Gasteiger partial charge in [0.25, 0.3) is 0 Å². The topological polar surface area (TPSA) is 88.8 Å². The fraction of sp³-hybridized carbons (Fsp3) is 0.348. The quantitative estimate of drug-likeness (QED) is 0.390. The molecule has 1 aromatic carbocycles. The Hall–Kier alpha value is -3.21. The third kappa shape index (κ3) is 5.41. The van der Waals surface area contributed by atoms with Gasteiger partial charge in [-0.3, -0.25) is 4.90 Å². The molecule has 0 saturated carbocycles. The Bertz CT molecular complexity index is 1140. The first kappa shape index (κ1) is 21.6. The maximum Gasteiger partial charge on any atom is 0.214 e. The molecule has 3 aromatic heterocycles. The molecule has 0 spiro atoms. The second-order valence-electron chi connectivity index (χ2n) is 7.78. The number of nitrogens with zero attached hydrogens (tertiary/aromatic N) is 5. The summed E-state index contributed by atoms with van der Waals surface area (Å²) >= 11 is 1.53. The number of fused-ring (bicyclic) bond motifs is 1. The zero-order valence-corrected chi connectivity index (χ0v) is 19.3. The van der Waals surface area contributed by atoms with Crippen molar-refractivity contribution in [3.8, 4) is 17.0 Å². The lowest BCUT2D eigenvalue weighted by Gasteiger charge is -2.26. The summed E-state index contributed by atoms with van der Waals surface area (Å²) in [5.74, 6) is 1.72. The third-order valence-corrected chi connectivity index (χ3v) is 6.42. The van der Waals surface area contributed by atoms with Crippen molar-refractivity contribution in [1.82, 2.24) is 24.5 Å². The van der Waals surface area contributed by atoms with Gasteiger partial charge in [-0.15, -0.1) is 5.10 Å². The van der Waals surface area contributed by atoms with Gasteiger partial charge in [-0.05, 0) is 29.8 Å². The van der Waals surface area contributed by atoms with Crippen LogP contribution >= 0.6 is 11.3 Å². The van der Waals surface area contributed by atoms with Gasteiger partial charge in [0.15, 0.2) is 0 Å². The Morgan fingerprint density at radius 1 is 1.09 bits per heavy atom. The lowest BCUT2D eigenvalue weighted by molar-refractivity contribution is 0.0398. The summed E-state index contributed by atoms with van der Waals surface area (Å²) < 4.78 is 12.4. The molecular weight excluding hydrogens is 438 g/mol. The molecule has 0 amide bonds. The summed E-state index contributed by atoms with van der Waals surface area (Å²) in [4.78, 5) is 12.5. The fourth-order valence-electron chi connectivity index (χ4n) is 3.65. The molecule has 0 aliphatic carbocycles. The molecule has 1 fully saturated rings. The third-order valence-electron chi connectivity index (χ3n) is 5.54. The predicted octanol–water partition coefficient (Wildman–Crippen LogP) is 3.22. The van der Waals surface area contributed by atoms with Crippen LogP contribution in [0.5, 0.6) is 5.75 Å². The van der Waals surface area contributed by atoms with Crippen LogP contribution in [0, 0.1) is 0 Å². The lowest BCUT2D eigenvalue weighted by Crippen LogP contribution is -2.39. The van der Waals surface area contributed by atoms with Crippen LogP contribution in [0.25, 0.3) is 16.2 Å². The summed E-state index contributed by atoms with van der Waals surface area (Å²) in [6.07, 6.45) is 3.79. The number of hydrogen-bond acceptors (Lipinski definition) is 9. The van der Waals surface area contributed by atoms with Crippen molar-refractivity contribution in [2.24, 2.45) is 0 Å². The number of ether oxygens (including phenoxy) is 2. The van der Waals surface area contributed by atoms with Crippen LogP contribution in [0.2, 0.25) is 0 Å². The minimum Gasteiger partial charge on any atom is -0.497 e. The second-order valence-corrected chi connectivity index (χ2v) is 8.73. The summed E-state index contributed by atoms with van der Waals surface area (Å²) in [5, 5.41) is 12.2. The van der Waals surface area contributed by atoms with Crippen LogP contribution in [0.15, 0.2) is 48.8 Å². The number of hydrogen-bond donors (Lipinski definition) is 2. The Morgan fingerprint density at radius 3 is 2.67 bits per heavy atom. The first-order valence-corrected chi connectivity index (χ1v) is 11.8. The van der Waals surface area contributed by atoms with Crippen molar-refractivity contribution < 1.29 is 9.47 Å². The van der Waals surface area contributed by atoms with Gasteiger partial charge in [0.05, 0.1) is 32.2 Å². The maximum atomic E-state index is 5.39. The number of morpholine rings is 1. The maximum absolute atomic E-state index is 5.39. The zero-order valence-electron chi connectivity index (χ0n) is 18.5. The summed E-state index contributed by atoms with van der Waals surface area (Å²) in [7, 11) is 1.67. The predicted molar refractivity (Wildman–Crippen MR) is 130 cm³/mol. The van der Waals surface area contributed by atoms with E-state index in [9.17, 15) is 0 Å². The van der Waals surface area contributed by atoms with Crippen molar-refractivity contribution in [2.45, 2.75) is 6.54 Å². The van der Waals surface area contributed by atoms with Gasteiger partial charge < -0.3 is 20.1 Å². The van der Waals surface area contributed by atoms with Gasteiger partial charge in [0.2, 0.25) is 10.1 Å². The van der Waals surface area contributed by atoms with Gasteiger partial charge in [0, 0.05) is 44.5 Å². The van der Waals surface area contributed by atoms with Crippen LogP contribution in [0.3, 0.4) is 0 Å². The molecule has 4 heterocycles. The van der Waals surface area contributed by atoms with Gasteiger partial charge in [-0.2, -0.15) is 0 Å². The van der Waals surface area contributed by atoms with E-state index < -0.39 is 0 Å². The van der Waals surface area contributed by atoms with E-state index in [0.717, 1.165) is 77.9 Å². The second kappa shape index (κ2) is 10.2. The molecule has 5 rings (SSSR count). The van der Waals surface area contributed by atoms with Gasteiger partial charge in [0.1, 0.15) is 11.6 Å². The molecule has 9 nitrogen and oxygen atoms in total. The van der Waals surface area contributed by atoms with Gasteiger partial charge in [-0.1, -0.05) is 23.5 Å². The number of rotatable bonds is 9. The average molecular weight is 466 g/mol. The Kier molecular flexibility index (Phi) is 6.66. The largest absolute Gasteiger partial charge is 0.497 e. The number of nitrogens with one attached hydrogen (secondary N) is 2. The molecule has 0 atom stereocenters. The Morgan fingerprint density at radius 2 is 1.94 bits per heavy atom. The first-order valence-electron chi connectivity index (χ1n) is 11.0. The molecular formula is C23H27N7O2S. The number of aromatic nitrogens is 4. The number of imidazole rings is 1. The highest BCUT2D eigenvalue weighted by atomic mass is 32.1. The molecule has 0 unspecified atom stereocenters. The standard InChI is InChI=1S/C23H27N7O2S/c1-31-19-5-2-17(3-6-19)14-26-22-28-30-16-20(27-23(30)33-22)18-4-7-21(25-15-18)24-8-9-29-10-12-32-13-11-29/h2-7,15-16H,8-14H2,1H3,(H,24,25)(H,26,28). The van der Waals surface area contributed by atoms with Crippen molar-refractivity contribution >= 4 is 27.2 Å². The Labute approximate surface area is 196 Å². The molecule has 172 valence electrons. The molecule has 10 heteroatoms. The van der Waals surface area contributed by atoms with Crippen LogP contribution < -0.4 is 15.4 Å². The van der Waals surface area contributed by atoms with E-state index >= 15 is 0 Å². The smallest absolute Gasteiger partial charge is 0.214 e. The van der Waals surface area contributed by atoms with Crippen LogP contribution in [0.1, 0.15) is 5.56 Å². The van der Waals surface area contributed by atoms with E-state index in [2.05, 4.69) is 25.6 Å². The summed E-state index contributed by atoms with van der Waals surface area (Å²) in [6.45, 7) is 6.19. The van der Waals surface area contributed by atoms with E-state index in [4.69, 9.17) is 14.5 Å². The average Bonchev–Trinajstić information content (AvgIpc) is 3.43. The van der Waals surface area contributed by atoms with E-state index in [-0.39, 0.29) is 0 Å². The molecule has 1 aliphatic heterocycles. The molecule has 1 aliphatic rings. The van der Waals surface area contributed by atoms with E-state index in [1.807, 2.05) is 53.3 Å². The summed E-state index contributed by atoms with van der Waals surface area (Å²) in [5.41, 5.74) is 3.00. The van der Waals surface area contributed by atoms with Crippen molar-refractivity contribution in [3.05, 3.63) is 54.4 Å². The first-order chi connectivity index (χ1) is 16.3. The van der Waals surface area contributed by atoms with Crippen LogP contribution in [-0.2, 0) is 11.3 Å². The lowest BCUT2D eigenvalue weighted by atomic mass is 10.2. The van der Waals surface area contributed by atoms with Crippen molar-refractivity contribution in [1.29, 1.82) is 0 Å². The fourth-order valence-corrected chi connectivity index (χ4v) is 4.43. The molecule has 0 bridgehead atoms. The highest BCUT2D eigenvalue weighted by Gasteiger charge is 2.11. The SMILES string of the molecule is COc1ccc(CNc2nn3cc(-c4ccc(NCCN5CCOCC5)nc4)nc3s2)cc1. The normalized spacial score (nSPS) is 14.5. The number of benzene rings is 1. The molecule has 33 heavy (non-hydrogen) atoms. The molecule has 1 saturated heterocycles. The van der Waals surface area contributed by atoms with Crippen LogP contribution in [-0.4, -0.2) is 71.0 Å². The van der Waals surface area contributed by atoms with Crippen LogP contribution in [0.4, 0.5) is 10.9 Å². The summed E-state index contributed by atoms with van der Waals surface area (Å²) in [6, 6.07) is 12.0. The van der Waals surface area contributed by atoms with E-state index in [1.165, 1.54) is 11.3 Å². The number of methoxy groups -OCH3 is 1. The number of pyridine rings is 1. The Balaban J connectivity index is 1.15. The van der Waals surface area contributed by atoms with E-state index in [0.29, 0.717) is 6.54 Å². The van der Waals surface area contributed by atoms with Gasteiger partial charge in [-0.25, -0.2) is 14.5 Å². The minimum atomic E-state index is 0.692. The number of anilines is 2.